The maximum atomic E-state index is 14.9. The topological polar surface area (TPSA) is 22.3 Å². The predicted molar refractivity (Wildman–Crippen MR) is 134 cm³/mol. The van der Waals surface area contributed by atoms with Gasteiger partial charge in [0.15, 0.2) is 0 Å². The van der Waals surface area contributed by atoms with Gasteiger partial charge in [-0.1, -0.05) is 18.2 Å². The fraction of sp³-hybridized carbons (Fsp3) is 0.556. The molecule has 1 fully saturated rings. The van der Waals surface area contributed by atoms with Gasteiger partial charge in [-0.15, -0.1) is 11.3 Å². The van der Waals surface area contributed by atoms with Crippen molar-refractivity contribution in [1.29, 1.82) is 0 Å². The van der Waals surface area contributed by atoms with Gasteiger partial charge in [-0.05, 0) is 63.3 Å². The predicted octanol–water partition coefficient (Wildman–Crippen LogP) is 6.44. The molecule has 184 valence electrons. The summed E-state index contributed by atoms with van der Waals surface area (Å²) in [6.07, 6.45) is -0.375. The highest BCUT2D eigenvalue weighted by Crippen LogP contribution is 2.44. The Morgan fingerprint density at radius 1 is 1.15 bits per heavy atom. The third kappa shape index (κ3) is 4.93. The van der Waals surface area contributed by atoms with E-state index in [2.05, 4.69) is 58.1 Å². The Morgan fingerprint density at radius 2 is 1.91 bits per heavy atom. The summed E-state index contributed by atoms with van der Waals surface area (Å²) >= 11 is 1.82. The van der Waals surface area contributed by atoms with Gasteiger partial charge in [0.25, 0.3) is 0 Å². The number of benzene rings is 1. The van der Waals surface area contributed by atoms with E-state index in [-0.39, 0.29) is 18.5 Å². The Bertz CT molecular complexity index is 1130. The molecule has 3 nitrogen and oxygen atoms in total. The molecule has 0 saturated carbocycles. The van der Waals surface area contributed by atoms with Gasteiger partial charge in [0, 0.05) is 65.0 Å². The Morgan fingerprint density at radius 3 is 2.65 bits per heavy atom. The SMILES string of the molecule is C[C@@H]1Cc2c([nH]c3ccccc23)[C@@H](c2ccc(CC3CN(CCC(F)F)C3)s2)N1CC(C)(C)F. The summed E-state index contributed by atoms with van der Waals surface area (Å²) in [4.78, 5) is 10.7. The zero-order chi connectivity index (χ0) is 24.0. The quantitative estimate of drug-likeness (QED) is 0.393. The summed E-state index contributed by atoms with van der Waals surface area (Å²) in [5.41, 5.74) is 2.40. The van der Waals surface area contributed by atoms with Gasteiger partial charge < -0.3 is 9.88 Å². The van der Waals surface area contributed by atoms with E-state index in [1.807, 2.05) is 11.3 Å². The standard InChI is InChI=1S/C27H34F3N3S/c1-17-12-21-20-6-4-5-7-22(20)31-25(21)26(33(17)16-27(2,3)30)23-9-8-19(34-23)13-18-14-32(15-18)11-10-24(28)29/h4-9,17-18,24,26,31H,10-16H2,1-3H3/t17-,26-/m1/s1. The molecule has 1 aromatic carbocycles. The molecular formula is C27H34F3N3S. The number of H-pyrrole nitrogens is 1. The highest BCUT2D eigenvalue weighted by molar-refractivity contribution is 7.12. The lowest BCUT2D eigenvalue weighted by Gasteiger charge is -2.42. The molecule has 2 aliphatic rings. The summed E-state index contributed by atoms with van der Waals surface area (Å²) in [6, 6.07) is 13.1. The smallest absolute Gasteiger partial charge is 0.239 e. The lowest BCUT2D eigenvalue weighted by atomic mass is 9.90. The Hall–Kier alpha value is -1.83. The minimum absolute atomic E-state index is 0.00357. The molecule has 0 bridgehead atoms. The molecule has 2 aliphatic heterocycles. The van der Waals surface area contributed by atoms with Gasteiger partial charge in [0.2, 0.25) is 6.43 Å². The van der Waals surface area contributed by atoms with Crippen molar-refractivity contribution in [3.63, 3.8) is 0 Å². The van der Waals surface area contributed by atoms with Crippen molar-refractivity contribution >= 4 is 22.2 Å². The third-order valence-corrected chi connectivity index (χ3v) is 8.37. The summed E-state index contributed by atoms with van der Waals surface area (Å²) in [6.45, 7) is 8.19. The van der Waals surface area contributed by atoms with E-state index in [0.29, 0.717) is 19.0 Å². The lowest BCUT2D eigenvalue weighted by molar-refractivity contribution is 0.0628. The van der Waals surface area contributed by atoms with Crippen LogP contribution >= 0.6 is 11.3 Å². The zero-order valence-corrected chi connectivity index (χ0v) is 21.0. The first kappa shape index (κ1) is 23.9. The van der Waals surface area contributed by atoms with E-state index in [4.69, 9.17) is 0 Å². The molecular weight excluding hydrogens is 455 g/mol. The summed E-state index contributed by atoms with van der Waals surface area (Å²) < 4.78 is 39.8. The van der Waals surface area contributed by atoms with E-state index < -0.39 is 12.1 Å². The third-order valence-electron chi connectivity index (χ3n) is 7.21. The largest absolute Gasteiger partial charge is 0.357 e. The molecule has 0 amide bonds. The van der Waals surface area contributed by atoms with Gasteiger partial charge in [-0.25, -0.2) is 13.2 Å². The van der Waals surface area contributed by atoms with Crippen LogP contribution in [0, 0.1) is 5.92 Å². The Kier molecular flexibility index (Phi) is 6.55. The van der Waals surface area contributed by atoms with Crippen LogP contribution in [0.1, 0.15) is 54.2 Å². The second-order valence-corrected chi connectivity index (χ2v) is 11.9. The van der Waals surface area contributed by atoms with Gasteiger partial charge in [-0.3, -0.25) is 4.90 Å². The molecule has 34 heavy (non-hydrogen) atoms. The number of nitrogens with one attached hydrogen (secondary N) is 1. The maximum absolute atomic E-state index is 14.9. The molecule has 5 rings (SSSR count). The summed E-state index contributed by atoms with van der Waals surface area (Å²) in [7, 11) is 0. The van der Waals surface area contributed by atoms with Crippen LogP contribution in [0.4, 0.5) is 13.2 Å². The number of aromatic nitrogens is 1. The average Bonchev–Trinajstić information content (AvgIpc) is 3.33. The number of likely N-dealkylation sites (tertiary alicyclic amines) is 1. The van der Waals surface area contributed by atoms with Crippen LogP contribution < -0.4 is 0 Å². The molecule has 2 aromatic heterocycles. The van der Waals surface area contributed by atoms with E-state index >= 15 is 0 Å². The van der Waals surface area contributed by atoms with E-state index in [9.17, 15) is 13.2 Å². The van der Waals surface area contributed by atoms with Crippen molar-refractivity contribution in [3.05, 3.63) is 57.4 Å². The van der Waals surface area contributed by atoms with E-state index in [1.165, 1.54) is 26.4 Å². The number of rotatable bonds is 8. The molecule has 0 spiro atoms. The van der Waals surface area contributed by atoms with Gasteiger partial charge >= 0.3 is 0 Å². The molecule has 1 N–H and O–H groups in total. The van der Waals surface area contributed by atoms with Crippen molar-refractivity contribution in [2.75, 3.05) is 26.2 Å². The fourth-order valence-corrected chi connectivity index (χ4v) is 6.96. The van der Waals surface area contributed by atoms with Gasteiger partial charge in [-0.2, -0.15) is 0 Å². The molecule has 2 atom stereocenters. The van der Waals surface area contributed by atoms with Crippen LogP contribution in [0.25, 0.3) is 10.9 Å². The van der Waals surface area contributed by atoms with Gasteiger partial charge in [0.1, 0.15) is 5.67 Å². The van der Waals surface area contributed by atoms with Gasteiger partial charge in [0.05, 0.1) is 6.04 Å². The summed E-state index contributed by atoms with van der Waals surface area (Å²) in [5, 5.41) is 1.27. The number of alkyl halides is 3. The Balaban J connectivity index is 1.39. The lowest BCUT2D eigenvalue weighted by Crippen LogP contribution is -2.48. The van der Waals surface area contributed by atoms with Crippen LogP contribution in [0.15, 0.2) is 36.4 Å². The van der Waals surface area contributed by atoms with Crippen LogP contribution in [0.2, 0.25) is 0 Å². The second-order valence-electron chi connectivity index (χ2n) is 10.7. The van der Waals surface area contributed by atoms with Crippen molar-refractivity contribution in [2.24, 2.45) is 5.92 Å². The second kappa shape index (κ2) is 9.32. The normalized spacial score (nSPS) is 22.4. The number of nitrogens with zero attached hydrogens (tertiary/aromatic N) is 2. The molecule has 4 heterocycles. The fourth-order valence-electron chi connectivity index (χ4n) is 5.70. The van der Waals surface area contributed by atoms with Crippen LogP contribution in [0.5, 0.6) is 0 Å². The zero-order valence-electron chi connectivity index (χ0n) is 20.2. The number of thiophene rings is 1. The number of hydrogen-bond donors (Lipinski definition) is 1. The van der Waals surface area contributed by atoms with Crippen LogP contribution in [0.3, 0.4) is 0 Å². The number of halogens is 3. The minimum Gasteiger partial charge on any atom is -0.357 e. The van der Waals surface area contributed by atoms with E-state index in [0.717, 1.165) is 31.4 Å². The highest BCUT2D eigenvalue weighted by atomic mass is 32.1. The monoisotopic (exact) mass is 489 g/mol. The molecule has 3 aromatic rings. The molecule has 0 unspecified atom stereocenters. The van der Waals surface area contributed by atoms with E-state index in [1.54, 1.807) is 13.8 Å². The van der Waals surface area contributed by atoms with Crippen molar-refractivity contribution < 1.29 is 13.2 Å². The maximum Gasteiger partial charge on any atom is 0.239 e. The first-order valence-electron chi connectivity index (χ1n) is 12.3. The number of fused-ring (bicyclic) bond motifs is 3. The number of para-hydroxylation sites is 1. The minimum atomic E-state index is -2.22. The van der Waals surface area contributed by atoms with Crippen molar-refractivity contribution in [3.8, 4) is 0 Å². The average molecular weight is 490 g/mol. The van der Waals surface area contributed by atoms with Crippen molar-refractivity contribution in [1.82, 2.24) is 14.8 Å². The number of hydrogen-bond acceptors (Lipinski definition) is 3. The number of aromatic amines is 1. The van der Waals surface area contributed by atoms with Crippen LogP contribution in [-0.4, -0.2) is 59.1 Å². The van der Waals surface area contributed by atoms with Crippen LogP contribution in [-0.2, 0) is 12.8 Å². The first-order chi connectivity index (χ1) is 16.2. The molecule has 0 radical (unpaired) electrons. The molecule has 1 saturated heterocycles. The molecule has 0 aliphatic carbocycles. The highest BCUT2D eigenvalue weighted by Gasteiger charge is 2.39. The van der Waals surface area contributed by atoms with Crippen molar-refractivity contribution in [2.45, 2.75) is 64.2 Å². The first-order valence-corrected chi connectivity index (χ1v) is 13.1. The molecule has 7 heteroatoms. The summed E-state index contributed by atoms with van der Waals surface area (Å²) in [5.74, 6) is 0.527. The Labute approximate surface area is 203 Å².